The molecule has 0 bridgehead atoms. The first-order valence-corrected chi connectivity index (χ1v) is 9.81. The Morgan fingerprint density at radius 1 is 1.04 bits per heavy atom. The zero-order valence-electron chi connectivity index (χ0n) is 14.7. The van der Waals surface area contributed by atoms with Gasteiger partial charge in [-0.25, -0.2) is 4.98 Å². The SMILES string of the molecule is O=C(NCc1cccc(Br)c1)c1cc(-c2ccncc2)nc2c(Cl)cccc12. The number of aromatic nitrogens is 2. The highest BCUT2D eigenvalue weighted by molar-refractivity contribution is 9.10. The van der Waals surface area contributed by atoms with Gasteiger partial charge in [-0.3, -0.25) is 9.78 Å². The van der Waals surface area contributed by atoms with E-state index >= 15 is 0 Å². The Labute approximate surface area is 175 Å². The fraction of sp³-hybridized carbons (Fsp3) is 0.0455. The quantitative estimate of drug-likeness (QED) is 0.436. The summed E-state index contributed by atoms with van der Waals surface area (Å²) in [6.45, 7) is 0.424. The number of carbonyl (C=O) groups excluding carboxylic acids is 1. The molecule has 0 saturated carbocycles. The van der Waals surface area contributed by atoms with Gasteiger partial charge in [0.25, 0.3) is 5.91 Å². The molecule has 138 valence electrons. The van der Waals surface area contributed by atoms with E-state index in [1.54, 1.807) is 24.5 Å². The third-order valence-electron chi connectivity index (χ3n) is 4.35. The zero-order valence-corrected chi connectivity index (χ0v) is 17.0. The van der Waals surface area contributed by atoms with Crippen molar-refractivity contribution in [2.45, 2.75) is 6.54 Å². The second kappa shape index (κ2) is 8.09. The molecule has 0 fully saturated rings. The Kier molecular flexibility index (Phi) is 5.37. The van der Waals surface area contributed by atoms with Crippen molar-refractivity contribution in [3.63, 3.8) is 0 Å². The number of pyridine rings is 2. The molecule has 0 aliphatic carbocycles. The lowest BCUT2D eigenvalue weighted by Gasteiger charge is -2.11. The zero-order chi connectivity index (χ0) is 19.5. The number of nitrogens with zero attached hydrogens (tertiary/aromatic N) is 2. The molecule has 0 saturated heterocycles. The maximum absolute atomic E-state index is 13.0. The van der Waals surface area contributed by atoms with Crippen molar-refractivity contribution >= 4 is 44.3 Å². The predicted molar refractivity (Wildman–Crippen MR) is 115 cm³/mol. The van der Waals surface area contributed by atoms with Gasteiger partial charge in [0.2, 0.25) is 0 Å². The first-order valence-electron chi connectivity index (χ1n) is 8.64. The standard InChI is InChI=1S/C22H15BrClN3O/c23-16-4-1-3-14(11-16)13-26-22(28)18-12-20(15-7-9-25-10-8-15)27-21-17(18)5-2-6-19(21)24/h1-12H,13H2,(H,26,28). The van der Waals surface area contributed by atoms with E-state index in [1.807, 2.05) is 48.5 Å². The third-order valence-corrected chi connectivity index (χ3v) is 5.15. The number of halogens is 2. The summed E-state index contributed by atoms with van der Waals surface area (Å²) in [5, 5.41) is 4.22. The molecule has 0 aliphatic heterocycles. The number of benzene rings is 2. The first kappa shape index (κ1) is 18.6. The molecule has 0 atom stereocenters. The largest absolute Gasteiger partial charge is 0.348 e. The molecule has 1 N–H and O–H groups in total. The molecule has 2 aromatic carbocycles. The van der Waals surface area contributed by atoms with Crippen molar-refractivity contribution in [1.82, 2.24) is 15.3 Å². The Hall–Kier alpha value is -2.76. The summed E-state index contributed by atoms with van der Waals surface area (Å²) in [5.41, 5.74) is 3.70. The fourth-order valence-corrected chi connectivity index (χ4v) is 3.66. The fourth-order valence-electron chi connectivity index (χ4n) is 3.00. The van der Waals surface area contributed by atoms with Crippen LogP contribution in [-0.4, -0.2) is 15.9 Å². The molecule has 2 heterocycles. The first-order chi connectivity index (χ1) is 13.6. The van der Waals surface area contributed by atoms with Crippen molar-refractivity contribution in [1.29, 1.82) is 0 Å². The molecular weight excluding hydrogens is 438 g/mol. The Balaban J connectivity index is 1.74. The molecule has 4 rings (SSSR count). The highest BCUT2D eigenvalue weighted by atomic mass is 79.9. The highest BCUT2D eigenvalue weighted by Gasteiger charge is 2.15. The lowest BCUT2D eigenvalue weighted by Crippen LogP contribution is -2.23. The van der Waals surface area contributed by atoms with Crippen molar-refractivity contribution in [2.75, 3.05) is 0 Å². The monoisotopic (exact) mass is 451 g/mol. The van der Waals surface area contributed by atoms with Crippen LogP contribution in [0.1, 0.15) is 15.9 Å². The highest BCUT2D eigenvalue weighted by Crippen LogP contribution is 2.29. The van der Waals surface area contributed by atoms with E-state index in [1.165, 1.54) is 0 Å². The minimum atomic E-state index is -0.176. The van der Waals surface area contributed by atoms with Crippen LogP contribution in [0, 0.1) is 0 Å². The second-order valence-corrected chi connectivity index (χ2v) is 7.56. The molecule has 1 amide bonds. The Morgan fingerprint density at radius 2 is 1.82 bits per heavy atom. The van der Waals surface area contributed by atoms with Gasteiger partial charge in [0, 0.05) is 34.4 Å². The lowest BCUT2D eigenvalue weighted by atomic mass is 10.0. The molecule has 0 radical (unpaired) electrons. The summed E-state index contributed by atoms with van der Waals surface area (Å²) in [5.74, 6) is -0.176. The molecule has 0 unspecified atom stereocenters. The van der Waals surface area contributed by atoms with Gasteiger partial charge in [-0.1, -0.05) is 51.8 Å². The lowest BCUT2D eigenvalue weighted by molar-refractivity contribution is 0.0952. The van der Waals surface area contributed by atoms with Crippen LogP contribution in [0.3, 0.4) is 0 Å². The summed E-state index contributed by atoms with van der Waals surface area (Å²) < 4.78 is 0.973. The summed E-state index contributed by atoms with van der Waals surface area (Å²) in [6.07, 6.45) is 3.39. The normalized spacial score (nSPS) is 10.8. The van der Waals surface area contributed by atoms with Crippen LogP contribution in [0.5, 0.6) is 0 Å². The van der Waals surface area contributed by atoms with Crippen LogP contribution in [0.2, 0.25) is 5.02 Å². The Bertz CT molecular complexity index is 1170. The molecule has 4 aromatic rings. The van der Waals surface area contributed by atoms with Crippen molar-refractivity contribution < 1.29 is 4.79 Å². The van der Waals surface area contributed by atoms with Crippen molar-refractivity contribution in [2.24, 2.45) is 0 Å². The van der Waals surface area contributed by atoms with Crippen molar-refractivity contribution in [3.05, 3.63) is 93.7 Å². The van der Waals surface area contributed by atoms with E-state index in [4.69, 9.17) is 11.6 Å². The van der Waals surface area contributed by atoms with Gasteiger partial charge in [-0.2, -0.15) is 0 Å². The van der Waals surface area contributed by atoms with Gasteiger partial charge in [0.05, 0.1) is 21.8 Å². The van der Waals surface area contributed by atoms with E-state index in [0.717, 1.165) is 21.0 Å². The number of hydrogen-bond acceptors (Lipinski definition) is 3. The molecule has 28 heavy (non-hydrogen) atoms. The van der Waals surface area contributed by atoms with Crippen molar-refractivity contribution in [3.8, 4) is 11.3 Å². The van der Waals surface area contributed by atoms with E-state index in [0.29, 0.717) is 28.3 Å². The molecule has 6 heteroatoms. The molecule has 4 nitrogen and oxygen atoms in total. The summed E-state index contributed by atoms with van der Waals surface area (Å²) in [7, 11) is 0. The number of amides is 1. The summed E-state index contributed by atoms with van der Waals surface area (Å²) in [4.78, 5) is 21.7. The average Bonchev–Trinajstić information content (AvgIpc) is 2.72. The molecule has 0 aliphatic rings. The van der Waals surface area contributed by atoms with Gasteiger partial charge < -0.3 is 5.32 Å². The summed E-state index contributed by atoms with van der Waals surface area (Å²) in [6, 6.07) is 18.8. The van der Waals surface area contributed by atoms with Crippen LogP contribution in [0.15, 0.2) is 77.5 Å². The summed E-state index contributed by atoms with van der Waals surface area (Å²) >= 11 is 9.82. The maximum Gasteiger partial charge on any atom is 0.252 e. The topological polar surface area (TPSA) is 54.9 Å². The number of carbonyl (C=O) groups is 1. The number of fused-ring (bicyclic) bond motifs is 1. The number of rotatable bonds is 4. The van der Waals surface area contributed by atoms with Crippen LogP contribution < -0.4 is 5.32 Å². The number of nitrogens with one attached hydrogen (secondary N) is 1. The smallest absolute Gasteiger partial charge is 0.252 e. The predicted octanol–water partition coefficient (Wildman–Crippen LogP) is 5.64. The molecule has 2 aromatic heterocycles. The van der Waals surface area contributed by atoms with Gasteiger partial charge >= 0.3 is 0 Å². The van der Waals surface area contributed by atoms with Gasteiger partial charge in [-0.15, -0.1) is 0 Å². The minimum absolute atomic E-state index is 0.176. The van der Waals surface area contributed by atoms with E-state index < -0.39 is 0 Å². The van der Waals surface area contributed by atoms with Gasteiger partial charge in [-0.05, 0) is 42.0 Å². The van der Waals surface area contributed by atoms with E-state index in [9.17, 15) is 4.79 Å². The van der Waals surface area contributed by atoms with Crippen LogP contribution in [-0.2, 0) is 6.54 Å². The van der Waals surface area contributed by atoms with Gasteiger partial charge in [0.15, 0.2) is 0 Å². The van der Waals surface area contributed by atoms with Crippen LogP contribution in [0.25, 0.3) is 22.2 Å². The van der Waals surface area contributed by atoms with Crippen LogP contribution in [0.4, 0.5) is 0 Å². The number of hydrogen-bond donors (Lipinski definition) is 1. The van der Waals surface area contributed by atoms with Crippen LogP contribution >= 0.6 is 27.5 Å². The molecular formula is C22H15BrClN3O. The average molecular weight is 453 g/mol. The minimum Gasteiger partial charge on any atom is -0.348 e. The van der Waals surface area contributed by atoms with E-state index in [2.05, 4.69) is 31.2 Å². The van der Waals surface area contributed by atoms with Gasteiger partial charge in [0.1, 0.15) is 0 Å². The number of para-hydroxylation sites is 1. The maximum atomic E-state index is 13.0. The van der Waals surface area contributed by atoms with E-state index in [-0.39, 0.29) is 5.91 Å². The third kappa shape index (κ3) is 3.91. The Morgan fingerprint density at radius 3 is 2.61 bits per heavy atom. The molecule has 0 spiro atoms. The second-order valence-electron chi connectivity index (χ2n) is 6.24.